The molecule has 4 aliphatic carbocycles. The summed E-state index contributed by atoms with van der Waals surface area (Å²) in [5.41, 5.74) is 7.20. The molecule has 3 saturated carbocycles. The normalized spacial score (nSPS) is 38.9. The van der Waals surface area contributed by atoms with E-state index >= 15 is 0 Å². The molecule has 14 atom stereocenters. The third-order valence-electron chi connectivity index (χ3n) is 15.9. The number of rotatable bonds is 21. The Hall–Kier alpha value is -1.23. The SMILES string of the molecule is CCCCCCCCCCCCCC(=O)OC[C@H]1O[C@H](OC2CC[C@@]3(C)C(=C(O)C(O)C4C3CC[C@@]3(C)C4CC[C@@H]3[C@H](C)CCCC(C)C)C2)[C@H](N)[C@@H](O)[C@@H]1O. The molecule has 0 amide bonds. The van der Waals surface area contributed by atoms with Crippen LogP contribution in [0.5, 0.6) is 0 Å². The van der Waals surface area contributed by atoms with Crippen LogP contribution in [0.2, 0.25) is 0 Å². The Bertz CT molecular complexity index is 1260. The second-order valence-electron chi connectivity index (χ2n) is 20.1. The van der Waals surface area contributed by atoms with Gasteiger partial charge in [-0.05, 0) is 103 Å². The van der Waals surface area contributed by atoms with Gasteiger partial charge in [-0.15, -0.1) is 0 Å². The van der Waals surface area contributed by atoms with E-state index in [1.165, 1.54) is 83.5 Å². The lowest BCUT2D eigenvalue weighted by molar-refractivity contribution is -0.281. The molecule has 9 nitrogen and oxygen atoms in total. The fourth-order valence-corrected chi connectivity index (χ4v) is 12.4. The van der Waals surface area contributed by atoms with Crippen molar-refractivity contribution in [3.8, 4) is 0 Å². The molecule has 5 aliphatic rings. The molecule has 0 aromatic carbocycles. The molecule has 324 valence electrons. The van der Waals surface area contributed by atoms with Crippen molar-refractivity contribution in [3.63, 3.8) is 0 Å². The number of ether oxygens (including phenoxy) is 3. The number of nitrogens with two attached hydrogens (primary N) is 1. The van der Waals surface area contributed by atoms with Crippen LogP contribution in [0, 0.1) is 46.3 Å². The van der Waals surface area contributed by atoms with Crippen LogP contribution in [-0.2, 0) is 19.0 Å². The average molecular weight is 790 g/mol. The van der Waals surface area contributed by atoms with Crippen LogP contribution in [0.25, 0.3) is 0 Å². The number of esters is 1. The Morgan fingerprint density at radius 2 is 1.50 bits per heavy atom. The highest BCUT2D eigenvalue weighted by atomic mass is 16.7. The van der Waals surface area contributed by atoms with Gasteiger partial charge in [-0.2, -0.15) is 0 Å². The summed E-state index contributed by atoms with van der Waals surface area (Å²) < 4.78 is 18.1. The molecule has 9 heteroatoms. The molecular formula is C47H83NO8. The minimum absolute atomic E-state index is 0.0536. The number of aliphatic hydroxyl groups is 4. The Kier molecular flexibility index (Phi) is 17.1. The lowest BCUT2D eigenvalue weighted by atomic mass is 9.46. The second-order valence-corrected chi connectivity index (χ2v) is 20.1. The lowest BCUT2D eigenvalue weighted by Crippen LogP contribution is -2.63. The highest BCUT2D eigenvalue weighted by Gasteiger charge is 2.63. The first-order valence-electron chi connectivity index (χ1n) is 23.4. The zero-order valence-corrected chi connectivity index (χ0v) is 36.3. The van der Waals surface area contributed by atoms with Gasteiger partial charge in [-0.1, -0.05) is 125 Å². The fourth-order valence-electron chi connectivity index (χ4n) is 12.4. The van der Waals surface area contributed by atoms with Gasteiger partial charge < -0.3 is 40.4 Å². The van der Waals surface area contributed by atoms with E-state index in [2.05, 4.69) is 41.5 Å². The van der Waals surface area contributed by atoms with Crippen LogP contribution in [-0.4, -0.2) is 75.9 Å². The molecule has 1 aliphatic heterocycles. The monoisotopic (exact) mass is 790 g/mol. The molecule has 5 unspecified atom stereocenters. The summed E-state index contributed by atoms with van der Waals surface area (Å²) in [4.78, 5) is 12.6. The van der Waals surface area contributed by atoms with Crippen molar-refractivity contribution in [1.29, 1.82) is 0 Å². The van der Waals surface area contributed by atoms with Gasteiger partial charge in [0.1, 0.15) is 36.8 Å². The Morgan fingerprint density at radius 1 is 0.839 bits per heavy atom. The van der Waals surface area contributed by atoms with E-state index in [1.807, 2.05) is 0 Å². The largest absolute Gasteiger partial charge is 0.510 e. The second kappa shape index (κ2) is 20.8. The van der Waals surface area contributed by atoms with Crippen molar-refractivity contribution in [2.75, 3.05) is 6.61 Å². The zero-order chi connectivity index (χ0) is 40.6. The standard InChI is InChI=1S/C47H83NO8/c1-7-8-9-10-11-12-13-14-15-16-17-21-38(49)54-29-37-42(51)44(53)40(48)45(56-37)55-32-24-26-47(6)35-25-27-46(5)33(31(4)20-18-19-30(2)3)22-23-34(46)39(35)43(52)41(50)36(47)28-32/h30-35,37,39-40,42-45,50-53H,7-29,48H2,1-6H3/t31-,32?,33-,34?,35?,37-,39?,40-,42-,43?,44-,45+,46-,47-/m1/s1. The molecule has 0 bridgehead atoms. The maximum absolute atomic E-state index is 12.6. The molecule has 0 radical (unpaired) electrons. The number of hydrogen-bond acceptors (Lipinski definition) is 9. The Morgan fingerprint density at radius 3 is 2.16 bits per heavy atom. The zero-order valence-electron chi connectivity index (χ0n) is 36.3. The van der Waals surface area contributed by atoms with E-state index in [4.69, 9.17) is 19.9 Å². The summed E-state index contributed by atoms with van der Waals surface area (Å²) in [6.07, 6.45) is 18.1. The number of carbonyl (C=O) groups is 1. The van der Waals surface area contributed by atoms with E-state index in [9.17, 15) is 25.2 Å². The predicted octanol–water partition coefficient (Wildman–Crippen LogP) is 9.29. The van der Waals surface area contributed by atoms with Crippen molar-refractivity contribution in [1.82, 2.24) is 0 Å². The smallest absolute Gasteiger partial charge is 0.305 e. The third-order valence-corrected chi connectivity index (χ3v) is 15.9. The molecule has 0 aromatic rings. The maximum atomic E-state index is 12.6. The first-order valence-corrected chi connectivity index (χ1v) is 23.4. The maximum Gasteiger partial charge on any atom is 0.305 e. The van der Waals surface area contributed by atoms with Crippen molar-refractivity contribution >= 4 is 5.97 Å². The van der Waals surface area contributed by atoms with Crippen molar-refractivity contribution in [2.45, 2.75) is 226 Å². The first kappa shape index (κ1) is 45.8. The van der Waals surface area contributed by atoms with Crippen molar-refractivity contribution in [3.05, 3.63) is 11.3 Å². The van der Waals surface area contributed by atoms with Crippen LogP contribution in [0.4, 0.5) is 0 Å². The number of hydrogen-bond donors (Lipinski definition) is 5. The van der Waals surface area contributed by atoms with Crippen LogP contribution in [0.15, 0.2) is 11.3 Å². The summed E-state index contributed by atoms with van der Waals surface area (Å²) in [5, 5.41) is 45.4. The van der Waals surface area contributed by atoms with Gasteiger partial charge in [-0.3, -0.25) is 4.79 Å². The van der Waals surface area contributed by atoms with E-state index in [1.54, 1.807) is 0 Å². The summed E-state index contributed by atoms with van der Waals surface area (Å²) >= 11 is 0. The molecule has 1 saturated heterocycles. The molecule has 6 N–H and O–H groups in total. The Labute approximate surface area is 340 Å². The number of fused-ring (bicyclic) bond motifs is 5. The number of unbranched alkanes of at least 4 members (excludes halogenated alkanes) is 10. The molecule has 1 heterocycles. The molecule has 4 fully saturated rings. The summed E-state index contributed by atoms with van der Waals surface area (Å²) in [7, 11) is 0. The molecule has 0 spiro atoms. The molecule has 0 aromatic heterocycles. The summed E-state index contributed by atoms with van der Waals surface area (Å²) in [6, 6.07) is -0.996. The van der Waals surface area contributed by atoms with Gasteiger partial charge in [0.05, 0.1) is 12.1 Å². The van der Waals surface area contributed by atoms with Gasteiger partial charge in [0, 0.05) is 6.42 Å². The predicted molar refractivity (Wildman–Crippen MR) is 222 cm³/mol. The average Bonchev–Trinajstić information content (AvgIpc) is 3.53. The molecular weight excluding hydrogens is 707 g/mol. The van der Waals surface area contributed by atoms with E-state index in [0.29, 0.717) is 36.5 Å². The van der Waals surface area contributed by atoms with Gasteiger partial charge in [0.2, 0.25) is 0 Å². The van der Waals surface area contributed by atoms with Crippen molar-refractivity contribution in [2.24, 2.45) is 52.1 Å². The van der Waals surface area contributed by atoms with Crippen LogP contribution in [0.3, 0.4) is 0 Å². The van der Waals surface area contributed by atoms with Gasteiger partial charge >= 0.3 is 5.97 Å². The van der Waals surface area contributed by atoms with E-state index < -0.39 is 36.7 Å². The third kappa shape index (κ3) is 10.6. The van der Waals surface area contributed by atoms with Crippen LogP contribution in [0.1, 0.15) is 183 Å². The summed E-state index contributed by atoms with van der Waals surface area (Å²) in [5.74, 6) is 2.61. The minimum atomic E-state index is -1.32. The quantitative estimate of drug-likeness (QED) is 0.0566. The highest BCUT2D eigenvalue weighted by Crippen LogP contribution is 2.68. The number of carbonyl (C=O) groups excluding carboxylic acids is 1. The van der Waals surface area contributed by atoms with Gasteiger partial charge in [0.15, 0.2) is 6.29 Å². The van der Waals surface area contributed by atoms with Crippen molar-refractivity contribution < 1.29 is 39.4 Å². The highest BCUT2D eigenvalue weighted by molar-refractivity contribution is 5.69. The van der Waals surface area contributed by atoms with E-state index in [-0.39, 0.29) is 41.2 Å². The number of aliphatic hydroxyl groups excluding tert-OH is 4. The topological polar surface area (TPSA) is 152 Å². The fraction of sp³-hybridized carbons (Fsp3) is 0.936. The Balaban J connectivity index is 1.11. The first-order chi connectivity index (χ1) is 26.7. The van der Waals surface area contributed by atoms with Crippen LogP contribution < -0.4 is 5.73 Å². The molecule has 5 rings (SSSR count). The van der Waals surface area contributed by atoms with E-state index in [0.717, 1.165) is 56.4 Å². The van der Waals surface area contributed by atoms with Gasteiger partial charge in [-0.25, -0.2) is 0 Å². The molecule has 56 heavy (non-hydrogen) atoms. The summed E-state index contributed by atoms with van der Waals surface area (Å²) in [6.45, 7) is 13.9. The minimum Gasteiger partial charge on any atom is -0.510 e. The van der Waals surface area contributed by atoms with Crippen LogP contribution >= 0.6 is 0 Å². The lowest BCUT2D eigenvalue weighted by Gasteiger charge is -2.60. The van der Waals surface area contributed by atoms with Gasteiger partial charge in [0.25, 0.3) is 0 Å².